The molecule has 7 nitrogen and oxygen atoms in total. The highest BCUT2D eigenvalue weighted by molar-refractivity contribution is 5.91. The molecule has 0 radical (unpaired) electrons. The molecule has 0 unspecified atom stereocenters. The summed E-state index contributed by atoms with van der Waals surface area (Å²) in [6.45, 7) is 3.12. The number of carbonyl (C=O) groups excluding carboxylic acids is 1. The van der Waals surface area contributed by atoms with Crippen LogP contribution in [-0.4, -0.2) is 46.2 Å². The van der Waals surface area contributed by atoms with Crippen LogP contribution in [0.4, 0.5) is 5.82 Å². The number of piperidine rings is 1. The fraction of sp³-hybridized carbons (Fsp3) is 0.438. The van der Waals surface area contributed by atoms with Crippen LogP contribution in [0.2, 0.25) is 0 Å². The van der Waals surface area contributed by atoms with E-state index in [2.05, 4.69) is 15.3 Å². The zero-order valence-electron chi connectivity index (χ0n) is 13.0. The molecule has 0 bridgehead atoms. The molecule has 1 aliphatic rings. The summed E-state index contributed by atoms with van der Waals surface area (Å²) in [4.78, 5) is 22.4. The van der Waals surface area contributed by atoms with Crippen molar-refractivity contribution in [3.63, 3.8) is 0 Å². The Labute approximate surface area is 134 Å². The van der Waals surface area contributed by atoms with Crippen LogP contribution in [0.15, 0.2) is 35.1 Å². The second kappa shape index (κ2) is 6.37. The van der Waals surface area contributed by atoms with Crippen LogP contribution in [0.3, 0.4) is 0 Å². The Kier molecular flexibility index (Phi) is 4.29. The average Bonchev–Trinajstić information content (AvgIpc) is 3.00. The number of nitrogens with one attached hydrogen (secondary N) is 1. The summed E-state index contributed by atoms with van der Waals surface area (Å²) >= 11 is 0. The standard InChI is InChI=1S/C16H20N4O3/c1-12-19-13(9-23-12)15(21)18-10-16(22)6-4-8-20(11-16)14-5-2-3-7-17-14/h2-3,5,7,9,22H,4,6,8,10-11H2,1H3,(H,18,21)/t16-/m0/s1. The third-order valence-electron chi connectivity index (χ3n) is 3.96. The van der Waals surface area contributed by atoms with Gasteiger partial charge in [0.1, 0.15) is 12.1 Å². The Balaban J connectivity index is 1.61. The highest BCUT2D eigenvalue weighted by atomic mass is 16.3. The molecule has 0 aromatic carbocycles. The smallest absolute Gasteiger partial charge is 0.273 e. The lowest BCUT2D eigenvalue weighted by molar-refractivity contribution is 0.0254. The van der Waals surface area contributed by atoms with Crippen molar-refractivity contribution in [3.05, 3.63) is 42.2 Å². The van der Waals surface area contributed by atoms with Gasteiger partial charge >= 0.3 is 0 Å². The largest absolute Gasteiger partial charge is 0.448 e. The molecule has 7 heteroatoms. The average molecular weight is 316 g/mol. The molecular weight excluding hydrogens is 296 g/mol. The number of anilines is 1. The number of aromatic nitrogens is 2. The molecule has 0 aliphatic carbocycles. The fourth-order valence-corrected chi connectivity index (χ4v) is 2.80. The van der Waals surface area contributed by atoms with E-state index in [-0.39, 0.29) is 18.1 Å². The first-order valence-corrected chi connectivity index (χ1v) is 7.64. The van der Waals surface area contributed by atoms with Gasteiger partial charge in [0.05, 0.1) is 5.60 Å². The molecule has 1 saturated heterocycles. The summed E-state index contributed by atoms with van der Waals surface area (Å²) in [6, 6.07) is 5.70. The maximum atomic E-state index is 12.0. The number of amides is 1. The van der Waals surface area contributed by atoms with Gasteiger partial charge in [0.2, 0.25) is 0 Å². The lowest BCUT2D eigenvalue weighted by Crippen LogP contribution is -2.54. The van der Waals surface area contributed by atoms with Gasteiger partial charge in [0.25, 0.3) is 5.91 Å². The van der Waals surface area contributed by atoms with Crippen LogP contribution < -0.4 is 10.2 Å². The molecule has 1 aliphatic heterocycles. The van der Waals surface area contributed by atoms with E-state index in [1.54, 1.807) is 13.1 Å². The van der Waals surface area contributed by atoms with Gasteiger partial charge in [-0.25, -0.2) is 9.97 Å². The van der Waals surface area contributed by atoms with Crippen molar-refractivity contribution in [1.29, 1.82) is 0 Å². The molecule has 2 aromatic rings. The third kappa shape index (κ3) is 3.68. The number of carbonyl (C=O) groups is 1. The van der Waals surface area contributed by atoms with E-state index in [9.17, 15) is 9.90 Å². The van der Waals surface area contributed by atoms with Gasteiger partial charge in [-0.3, -0.25) is 4.79 Å². The summed E-state index contributed by atoms with van der Waals surface area (Å²) in [5.41, 5.74) is -0.756. The van der Waals surface area contributed by atoms with Crippen LogP contribution in [0.1, 0.15) is 29.2 Å². The van der Waals surface area contributed by atoms with Gasteiger partial charge in [-0.2, -0.15) is 0 Å². The summed E-state index contributed by atoms with van der Waals surface area (Å²) in [5.74, 6) is 0.933. The minimum Gasteiger partial charge on any atom is -0.448 e. The van der Waals surface area contributed by atoms with Crippen LogP contribution >= 0.6 is 0 Å². The van der Waals surface area contributed by atoms with E-state index in [1.165, 1.54) is 6.26 Å². The number of hydrogen-bond donors (Lipinski definition) is 2. The molecule has 3 heterocycles. The second-order valence-corrected chi connectivity index (χ2v) is 5.87. The van der Waals surface area contributed by atoms with E-state index in [4.69, 9.17) is 4.42 Å². The van der Waals surface area contributed by atoms with Crippen molar-refractivity contribution in [2.24, 2.45) is 0 Å². The topological polar surface area (TPSA) is 91.5 Å². The van der Waals surface area contributed by atoms with Crippen molar-refractivity contribution in [2.75, 3.05) is 24.5 Å². The Morgan fingerprint density at radius 3 is 3.09 bits per heavy atom. The minimum atomic E-state index is -0.982. The first-order valence-electron chi connectivity index (χ1n) is 7.64. The molecule has 3 rings (SSSR count). The molecule has 2 N–H and O–H groups in total. The maximum absolute atomic E-state index is 12.0. The van der Waals surface area contributed by atoms with Crippen molar-refractivity contribution in [1.82, 2.24) is 15.3 Å². The second-order valence-electron chi connectivity index (χ2n) is 5.87. The third-order valence-corrected chi connectivity index (χ3v) is 3.96. The Bertz CT molecular complexity index is 673. The summed E-state index contributed by atoms with van der Waals surface area (Å²) in [6.07, 6.45) is 4.52. The number of rotatable bonds is 4. The predicted octanol–water partition coefficient (Wildman–Crippen LogP) is 1.14. The van der Waals surface area contributed by atoms with Crippen LogP contribution in [0.5, 0.6) is 0 Å². The lowest BCUT2D eigenvalue weighted by atomic mass is 9.92. The monoisotopic (exact) mass is 316 g/mol. The molecule has 1 atom stereocenters. The van der Waals surface area contributed by atoms with Crippen LogP contribution in [0.25, 0.3) is 0 Å². The number of pyridine rings is 1. The zero-order chi connectivity index (χ0) is 16.3. The van der Waals surface area contributed by atoms with Gasteiger partial charge in [-0.05, 0) is 25.0 Å². The Hall–Kier alpha value is -2.41. The van der Waals surface area contributed by atoms with Gasteiger partial charge in [-0.15, -0.1) is 0 Å². The SMILES string of the molecule is Cc1nc(C(=O)NC[C@@]2(O)CCCN(c3ccccn3)C2)co1. The molecule has 23 heavy (non-hydrogen) atoms. The first kappa shape index (κ1) is 15.5. The summed E-state index contributed by atoms with van der Waals surface area (Å²) < 4.78 is 5.03. The Morgan fingerprint density at radius 2 is 2.39 bits per heavy atom. The molecule has 2 aromatic heterocycles. The van der Waals surface area contributed by atoms with E-state index >= 15 is 0 Å². The van der Waals surface area contributed by atoms with Gasteiger partial charge in [0, 0.05) is 32.8 Å². The van der Waals surface area contributed by atoms with Gasteiger partial charge < -0.3 is 19.7 Å². The number of hydrogen-bond acceptors (Lipinski definition) is 6. The van der Waals surface area contributed by atoms with Crippen LogP contribution in [0, 0.1) is 6.92 Å². The van der Waals surface area contributed by atoms with Crippen molar-refractivity contribution in [3.8, 4) is 0 Å². The Morgan fingerprint density at radius 1 is 1.52 bits per heavy atom. The van der Waals surface area contributed by atoms with Crippen molar-refractivity contribution >= 4 is 11.7 Å². The highest BCUT2D eigenvalue weighted by Crippen LogP contribution is 2.24. The first-order chi connectivity index (χ1) is 11.1. The number of oxazole rings is 1. The van der Waals surface area contributed by atoms with E-state index in [0.717, 1.165) is 18.8 Å². The molecule has 122 valence electrons. The minimum absolute atomic E-state index is 0.168. The van der Waals surface area contributed by atoms with Crippen molar-refractivity contribution < 1.29 is 14.3 Å². The highest BCUT2D eigenvalue weighted by Gasteiger charge is 2.34. The van der Waals surface area contributed by atoms with E-state index < -0.39 is 5.60 Å². The fourth-order valence-electron chi connectivity index (χ4n) is 2.80. The van der Waals surface area contributed by atoms with E-state index in [1.807, 2.05) is 23.1 Å². The zero-order valence-corrected chi connectivity index (χ0v) is 13.0. The van der Waals surface area contributed by atoms with Crippen LogP contribution in [-0.2, 0) is 0 Å². The molecule has 0 spiro atoms. The maximum Gasteiger partial charge on any atom is 0.273 e. The van der Waals surface area contributed by atoms with Gasteiger partial charge in [-0.1, -0.05) is 6.07 Å². The molecule has 1 fully saturated rings. The number of nitrogens with zero attached hydrogens (tertiary/aromatic N) is 3. The van der Waals surface area contributed by atoms with Crippen molar-refractivity contribution in [2.45, 2.75) is 25.4 Å². The lowest BCUT2D eigenvalue weighted by Gasteiger charge is -2.39. The molecular formula is C16H20N4O3. The summed E-state index contributed by atoms with van der Waals surface area (Å²) in [7, 11) is 0. The summed E-state index contributed by atoms with van der Waals surface area (Å²) in [5, 5.41) is 13.5. The van der Waals surface area contributed by atoms with Gasteiger partial charge in [0.15, 0.2) is 11.6 Å². The molecule has 0 saturated carbocycles. The molecule has 1 amide bonds. The quantitative estimate of drug-likeness (QED) is 0.879. The number of β-amino-alcohol motifs (C(OH)–C–C–N with tert-alkyl or cyclic N) is 1. The number of aliphatic hydroxyl groups is 1. The predicted molar refractivity (Wildman–Crippen MR) is 84.2 cm³/mol. The van der Waals surface area contributed by atoms with E-state index in [0.29, 0.717) is 18.9 Å². The number of aryl methyl sites for hydroxylation is 1. The normalized spacial score (nSPS) is 21.2.